The molecule has 1 aliphatic carbocycles. The molecule has 0 bridgehead atoms. The molecule has 3 heteroatoms. The fraction of sp³-hybridized carbons (Fsp3) is 0.444. The van der Waals surface area contributed by atoms with Gasteiger partial charge in [0.2, 0.25) is 0 Å². The van der Waals surface area contributed by atoms with Gasteiger partial charge >= 0.3 is 0 Å². The average molecular weight is 164 g/mol. The van der Waals surface area contributed by atoms with Crippen LogP contribution in [0.3, 0.4) is 0 Å². The maximum absolute atomic E-state index is 11.3. The molecule has 1 aromatic heterocycles. The zero-order valence-electron chi connectivity index (χ0n) is 6.86. The minimum Gasteiger partial charge on any atom is -0.398 e. The van der Waals surface area contributed by atoms with E-state index in [-0.39, 0.29) is 5.56 Å². The van der Waals surface area contributed by atoms with Gasteiger partial charge in [0, 0.05) is 24.0 Å². The van der Waals surface area contributed by atoms with Crippen LogP contribution in [0.4, 0.5) is 5.69 Å². The summed E-state index contributed by atoms with van der Waals surface area (Å²) in [5.74, 6) is 0. The van der Waals surface area contributed by atoms with Gasteiger partial charge in [-0.05, 0) is 25.3 Å². The molecule has 1 heterocycles. The van der Waals surface area contributed by atoms with E-state index in [1.54, 1.807) is 16.8 Å². The Kier molecular flexibility index (Phi) is 1.64. The number of rotatable bonds is 1. The first-order chi connectivity index (χ1) is 5.77. The Morgan fingerprint density at radius 3 is 2.75 bits per heavy atom. The highest BCUT2D eigenvalue weighted by molar-refractivity contribution is 5.33. The molecule has 0 aromatic carbocycles. The third-order valence-corrected chi connectivity index (χ3v) is 2.43. The Hall–Kier alpha value is -1.25. The van der Waals surface area contributed by atoms with E-state index in [0.717, 1.165) is 12.8 Å². The summed E-state index contributed by atoms with van der Waals surface area (Å²) < 4.78 is 1.75. The highest BCUT2D eigenvalue weighted by atomic mass is 16.1. The Morgan fingerprint density at radius 2 is 2.17 bits per heavy atom. The molecule has 2 N–H and O–H groups in total. The number of hydrogen-bond acceptors (Lipinski definition) is 2. The van der Waals surface area contributed by atoms with E-state index in [9.17, 15) is 4.79 Å². The quantitative estimate of drug-likeness (QED) is 0.677. The van der Waals surface area contributed by atoms with Gasteiger partial charge in [0.05, 0.1) is 0 Å². The number of pyridine rings is 1. The summed E-state index contributed by atoms with van der Waals surface area (Å²) in [5.41, 5.74) is 6.32. The van der Waals surface area contributed by atoms with Crippen molar-refractivity contribution in [2.45, 2.75) is 25.3 Å². The van der Waals surface area contributed by atoms with Gasteiger partial charge < -0.3 is 10.3 Å². The second kappa shape index (κ2) is 2.66. The van der Waals surface area contributed by atoms with Crippen LogP contribution in [0.25, 0.3) is 0 Å². The number of nitrogens with zero attached hydrogens (tertiary/aromatic N) is 1. The van der Waals surface area contributed by atoms with Crippen molar-refractivity contribution >= 4 is 5.69 Å². The number of anilines is 1. The van der Waals surface area contributed by atoms with Gasteiger partial charge in [0.15, 0.2) is 0 Å². The molecule has 2 rings (SSSR count). The molecule has 1 fully saturated rings. The minimum atomic E-state index is 0.0638. The molecule has 12 heavy (non-hydrogen) atoms. The summed E-state index contributed by atoms with van der Waals surface area (Å²) in [6.45, 7) is 0. The lowest BCUT2D eigenvalue weighted by Gasteiger charge is -2.27. The standard InChI is InChI=1S/C9H12N2O/c10-7-4-5-9(12)11(6-7)8-2-1-3-8/h4-6,8H,1-3,10H2. The van der Waals surface area contributed by atoms with Crippen molar-refractivity contribution in [3.05, 3.63) is 28.7 Å². The molecular weight excluding hydrogens is 152 g/mol. The predicted molar refractivity (Wildman–Crippen MR) is 48.0 cm³/mol. The molecule has 1 saturated carbocycles. The summed E-state index contributed by atoms with van der Waals surface area (Å²) in [6.07, 6.45) is 5.20. The van der Waals surface area contributed by atoms with Crippen molar-refractivity contribution in [3.63, 3.8) is 0 Å². The molecule has 0 aliphatic heterocycles. The maximum atomic E-state index is 11.3. The highest BCUT2D eigenvalue weighted by Gasteiger charge is 2.19. The molecule has 0 amide bonds. The number of nitrogen functional groups attached to an aromatic ring is 1. The Bertz CT molecular complexity index is 339. The lowest BCUT2D eigenvalue weighted by Crippen LogP contribution is -2.28. The average Bonchev–Trinajstić information content (AvgIpc) is 1.93. The van der Waals surface area contributed by atoms with Crippen LogP contribution in [0.15, 0.2) is 23.1 Å². The molecular formula is C9H12N2O. The SMILES string of the molecule is Nc1ccc(=O)n(C2CCC2)c1. The molecule has 0 atom stereocenters. The van der Waals surface area contributed by atoms with Crippen molar-refractivity contribution < 1.29 is 0 Å². The fourth-order valence-electron chi connectivity index (χ4n) is 1.47. The first-order valence-corrected chi connectivity index (χ1v) is 4.25. The monoisotopic (exact) mass is 164 g/mol. The number of hydrogen-bond donors (Lipinski definition) is 1. The van der Waals surface area contributed by atoms with Crippen LogP contribution in [0.2, 0.25) is 0 Å². The molecule has 3 nitrogen and oxygen atoms in total. The van der Waals surface area contributed by atoms with Crippen LogP contribution in [0.1, 0.15) is 25.3 Å². The van der Waals surface area contributed by atoms with Crippen molar-refractivity contribution in [2.75, 3.05) is 5.73 Å². The van der Waals surface area contributed by atoms with Crippen molar-refractivity contribution in [1.29, 1.82) is 0 Å². The van der Waals surface area contributed by atoms with Gasteiger partial charge in [-0.1, -0.05) is 0 Å². The molecule has 0 saturated heterocycles. The van der Waals surface area contributed by atoms with E-state index in [1.165, 1.54) is 12.5 Å². The normalized spacial score (nSPS) is 17.3. The maximum Gasteiger partial charge on any atom is 0.250 e. The largest absolute Gasteiger partial charge is 0.398 e. The van der Waals surface area contributed by atoms with E-state index in [0.29, 0.717) is 11.7 Å². The van der Waals surface area contributed by atoms with E-state index in [1.807, 2.05) is 0 Å². The zero-order chi connectivity index (χ0) is 8.55. The predicted octanol–water partition coefficient (Wildman–Crippen LogP) is 1.16. The molecule has 64 valence electrons. The van der Waals surface area contributed by atoms with E-state index in [4.69, 9.17) is 5.73 Å². The van der Waals surface area contributed by atoms with Crippen LogP contribution < -0.4 is 11.3 Å². The molecule has 1 aromatic rings. The third kappa shape index (κ3) is 1.11. The summed E-state index contributed by atoms with van der Waals surface area (Å²) in [7, 11) is 0. The van der Waals surface area contributed by atoms with Crippen LogP contribution in [0.5, 0.6) is 0 Å². The zero-order valence-corrected chi connectivity index (χ0v) is 6.86. The lowest BCUT2D eigenvalue weighted by atomic mass is 9.93. The Balaban J connectivity index is 2.40. The van der Waals surface area contributed by atoms with Crippen molar-refractivity contribution in [2.24, 2.45) is 0 Å². The summed E-state index contributed by atoms with van der Waals surface area (Å²) >= 11 is 0. The van der Waals surface area contributed by atoms with E-state index < -0.39 is 0 Å². The number of aromatic nitrogens is 1. The first kappa shape index (κ1) is 7.40. The van der Waals surface area contributed by atoms with Gasteiger partial charge in [-0.3, -0.25) is 4.79 Å². The fourth-order valence-corrected chi connectivity index (χ4v) is 1.47. The second-order valence-electron chi connectivity index (χ2n) is 3.29. The van der Waals surface area contributed by atoms with Crippen molar-refractivity contribution in [1.82, 2.24) is 4.57 Å². The van der Waals surface area contributed by atoms with Gasteiger partial charge in [-0.25, -0.2) is 0 Å². The topological polar surface area (TPSA) is 48.0 Å². The van der Waals surface area contributed by atoms with Gasteiger partial charge in [0.1, 0.15) is 0 Å². The number of nitrogens with two attached hydrogens (primary N) is 1. The highest BCUT2D eigenvalue weighted by Crippen LogP contribution is 2.30. The van der Waals surface area contributed by atoms with Crippen LogP contribution >= 0.6 is 0 Å². The van der Waals surface area contributed by atoms with Crippen molar-refractivity contribution in [3.8, 4) is 0 Å². The van der Waals surface area contributed by atoms with E-state index in [2.05, 4.69) is 0 Å². The third-order valence-electron chi connectivity index (χ3n) is 2.43. The van der Waals surface area contributed by atoms with E-state index >= 15 is 0 Å². The molecule has 0 radical (unpaired) electrons. The molecule has 1 aliphatic rings. The first-order valence-electron chi connectivity index (χ1n) is 4.25. The summed E-state index contributed by atoms with van der Waals surface area (Å²) in [6, 6.07) is 3.59. The summed E-state index contributed by atoms with van der Waals surface area (Å²) in [4.78, 5) is 11.3. The van der Waals surface area contributed by atoms with Gasteiger partial charge in [-0.2, -0.15) is 0 Å². The molecule has 0 unspecified atom stereocenters. The molecule has 0 spiro atoms. The van der Waals surface area contributed by atoms with Crippen LogP contribution in [-0.2, 0) is 0 Å². The van der Waals surface area contributed by atoms with Gasteiger partial charge in [-0.15, -0.1) is 0 Å². The Morgan fingerprint density at radius 1 is 1.42 bits per heavy atom. The minimum absolute atomic E-state index is 0.0638. The van der Waals surface area contributed by atoms with Crippen LogP contribution in [0, 0.1) is 0 Å². The van der Waals surface area contributed by atoms with Gasteiger partial charge in [0.25, 0.3) is 5.56 Å². The second-order valence-corrected chi connectivity index (χ2v) is 3.29. The Labute approximate surface area is 70.8 Å². The summed E-state index contributed by atoms with van der Waals surface area (Å²) in [5, 5.41) is 0. The lowest BCUT2D eigenvalue weighted by molar-refractivity contribution is 0.307. The smallest absolute Gasteiger partial charge is 0.250 e. The van der Waals surface area contributed by atoms with Crippen LogP contribution in [-0.4, -0.2) is 4.57 Å².